The monoisotopic (exact) mass is 257 g/mol. The van der Waals surface area contributed by atoms with Gasteiger partial charge in [0.25, 0.3) is 0 Å². The fourth-order valence-electron chi connectivity index (χ4n) is 1.10. The van der Waals surface area contributed by atoms with Crippen LogP contribution in [0, 0.1) is 0 Å². The molecule has 0 fully saturated rings. The molecule has 2 N–H and O–H groups in total. The molecule has 100 valence electrons. The minimum atomic E-state index is -1.24. The maximum Gasteiger partial charge on any atom is 0.326 e. The molecule has 0 rings (SSSR count). The van der Waals surface area contributed by atoms with Gasteiger partial charge in [0.1, 0.15) is 12.6 Å². The summed E-state index contributed by atoms with van der Waals surface area (Å²) in [5.41, 5.74) is 8.10. The number of hydrogen-bond donors (Lipinski definition) is 2. The Kier molecular flexibility index (Phi) is 8.00. The molecular formula is C10H15N3O5. The normalized spacial score (nSPS) is 11.2. The molecule has 0 aliphatic rings. The first-order valence-electron chi connectivity index (χ1n) is 5.31. The van der Waals surface area contributed by atoms with Gasteiger partial charge in [0, 0.05) is 13.0 Å². The Labute approximate surface area is 104 Å². The third-order valence-electron chi connectivity index (χ3n) is 1.95. The highest BCUT2D eigenvalue weighted by atomic mass is 16.5. The summed E-state index contributed by atoms with van der Waals surface area (Å²) >= 11 is 0. The number of carbonyl (C=O) groups excluding carboxylic acids is 2. The average Bonchev–Trinajstić information content (AvgIpc) is 2.31. The minimum absolute atomic E-state index is 0.0853. The summed E-state index contributed by atoms with van der Waals surface area (Å²) in [6.45, 7) is 1.82. The zero-order chi connectivity index (χ0) is 14.0. The number of ketones is 1. The van der Waals surface area contributed by atoms with E-state index in [2.05, 4.69) is 10.1 Å². The molecule has 0 aliphatic heterocycles. The summed E-state index contributed by atoms with van der Waals surface area (Å²) in [5.74, 6) is -2.33. The van der Waals surface area contributed by atoms with E-state index >= 15 is 0 Å². The fourth-order valence-corrected chi connectivity index (χ4v) is 1.10. The van der Waals surface area contributed by atoms with Gasteiger partial charge in [-0.2, -0.15) is 4.79 Å². The smallest absolute Gasteiger partial charge is 0.326 e. The topological polar surface area (TPSA) is 129 Å². The number of carbonyl (C=O) groups is 3. The number of nitrogens with zero attached hydrogens (tertiary/aromatic N) is 2. The van der Waals surface area contributed by atoms with Gasteiger partial charge < -0.3 is 20.7 Å². The standard InChI is InChI=1S/C10H15N3O5/c1-2-18-6-9(15)13-8(10(16)17)4-3-7(14)5-12-11/h5,8H,2-4,6H2,1H3,(H,13,15)(H,16,17)/t8-/m0/s1. The molecule has 0 aliphatic carbocycles. The first kappa shape index (κ1) is 16.0. The molecule has 18 heavy (non-hydrogen) atoms. The summed E-state index contributed by atoms with van der Waals surface area (Å²) in [6.07, 6.45) is 0.453. The predicted molar refractivity (Wildman–Crippen MR) is 60.0 cm³/mol. The van der Waals surface area contributed by atoms with Crippen molar-refractivity contribution in [2.75, 3.05) is 13.2 Å². The van der Waals surface area contributed by atoms with E-state index in [9.17, 15) is 14.4 Å². The van der Waals surface area contributed by atoms with Gasteiger partial charge in [0.05, 0.1) is 0 Å². The molecule has 0 unspecified atom stereocenters. The van der Waals surface area contributed by atoms with Crippen molar-refractivity contribution >= 4 is 23.9 Å². The Morgan fingerprint density at radius 2 is 2.17 bits per heavy atom. The van der Waals surface area contributed by atoms with E-state index in [1.807, 2.05) is 0 Å². The lowest BCUT2D eigenvalue weighted by atomic mass is 10.1. The molecule has 0 spiro atoms. The summed E-state index contributed by atoms with van der Waals surface area (Å²) in [6, 6.07) is -1.17. The van der Waals surface area contributed by atoms with Gasteiger partial charge in [-0.3, -0.25) is 9.59 Å². The number of carboxylic acid groups (broad SMARTS) is 1. The Morgan fingerprint density at radius 3 is 2.67 bits per heavy atom. The maximum absolute atomic E-state index is 11.2. The predicted octanol–water partition coefficient (Wildman–Crippen LogP) is -0.758. The molecule has 8 heteroatoms. The van der Waals surface area contributed by atoms with Crippen LogP contribution in [0.3, 0.4) is 0 Å². The number of hydrogen-bond acceptors (Lipinski definition) is 4. The number of rotatable bonds is 9. The van der Waals surface area contributed by atoms with Gasteiger partial charge >= 0.3 is 12.2 Å². The highest BCUT2D eigenvalue weighted by Crippen LogP contribution is 1.98. The van der Waals surface area contributed by atoms with Crippen LogP contribution in [-0.4, -0.2) is 53.0 Å². The highest BCUT2D eigenvalue weighted by molar-refractivity contribution is 6.25. The van der Waals surface area contributed by atoms with Crippen LogP contribution in [0.1, 0.15) is 19.8 Å². The zero-order valence-corrected chi connectivity index (χ0v) is 9.96. The number of aliphatic carboxylic acids is 1. The Morgan fingerprint density at radius 1 is 1.50 bits per heavy atom. The van der Waals surface area contributed by atoms with Crippen LogP contribution < -0.4 is 5.32 Å². The molecule has 0 radical (unpaired) electrons. The Hall–Kier alpha value is -2.05. The van der Waals surface area contributed by atoms with Gasteiger partial charge in [0.2, 0.25) is 11.7 Å². The van der Waals surface area contributed by atoms with E-state index in [0.717, 1.165) is 0 Å². The first-order chi connectivity index (χ1) is 8.51. The van der Waals surface area contributed by atoms with Gasteiger partial charge in [-0.25, -0.2) is 4.79 Å². The van der Waals surface area contributed by atoms with Crippen LogP contribution >= 0.6 is 0 Å². The third-order valence-corrected chi connectivity index (χ3v) is 1.95. The number of carboxylic acids is 1. The van der Waals surface area contributed by atoms with Crippen molar-refractivity contribution in [2.45, 2.75) is 25.8 Å². The summed E-state index contributed by atoms with van der Waals surface area (Å²) < 4.78 is 4.81. The maximum atomic E-state index is 11.2. The summed E-state index contributed by atoms with van der Waals surface area (Å²) in [5, 5.41) is 11.1. The molecule has 0 saturated carbocycles. The molecular weight excluding hydrogens is 242 g/mol. The van der Waals surface area contributed by atoms with Gasteiger partial charge in [-0.1, -0.05) is 0 Å². The van der Waals surface area contributed by atoms with Crippen molar-refractivity contribution < 1.29 is 29.0 Å². The van der Waals surface area contributed by atoms with Crippen molar-refractivity contribution in [1.82, 2.24) is 5.32 Å². The second kappa shape index (κ2) is 9.03. The number of amides is 1. The van der Waals surface area contributed by atoms with Crippen molar-refractivity contribution in [3.8, 4) is 0 Å². The minimum Gasteiger partial charge on any atom is -0.480 e. The molecule has 0 heterocycles. The molecule has 0 aromatic heterocycles. The number of nitrogens with one attached hydrogen (secondary N) is 1. The second-order valence-electron chi connectivity index (χ2n) is 3.35. The lowest BCUT2D eigenvalue weighted by Gasteiger charge is -2.13. The van der Waals surface area contributed by atoms with Crippen molar-refractivity contribution in [1.29, 1.82) is 0 Å². The van der Waals surface area contributed by atoms with E-state index in [1.165, 1.54) is 0 Å². The summed E-state index contributed by atoms with van der Waals surface area (Å²) in [7, 11) is 0. The quantitative estimate of drug-likeness (QED) is 0.318. The van der Waals surface area contributed by atoms with E-state index in [4.69, 9.17) is 15.4 Å². The SMILES string of the molecule is CCOCC(=O)N[C@@H](CCC(=O)C=[N+]=[N-])C(=O)O. The van der Waals surface area contributed by atoms with Gasteiger partial charge in [0.15, 0.2) is 0 Å². The lowest BCUT2D eigenvalue weighted by Crippen LogP contribution is -2.42. The van der Waals surface area contributed by atoms with Crippen molar-refractivity contribution in [3.05, 3.63) is 5.53 Å². The van der Waals surface area contributed by atoms with Crippen molar-refractivity contribution in [2.24, 2.45) is 0 Å². The second-order valence-corrected chi connectivity index (χ2v) is 3.35. The molecule has 8 nitrogen and oxygen atoms in total. The van der Waals surface area contributed by atoms with Crippen LogP contribution in [0.2, 0.25) is 0 Å². The Bertz CT molecular complexity index is 363. The van der Waals surface area contributed by atoms with Crippen LogP contribution in [0.25, 0.3) is 5.53 Å². The van der Waals surface area contributed by atoms with E-state index in [1.54, 1.807) is 6.92 Å². The number of Topliss-reactive ketones (excluding diaryl/α,β-unsaturated/α-hetero) is 1. The summed E-state index contributed by atoms with van der Waals surface area (Å²) in [4.78, 5) is 35.6. The highest BCUT2D eigenvalue weighted by Gasteiger charge is 2.21. The molecule has 1 atom stereocenters. The largest absolute Gasteiger partial charge is 0.480 e. The van der Waals surface area contributed by atoms with Gasteiger partial charge in [-0.15, -0.1) is 0 Å². The van der Waals surface area contributed by atoms with Crippen LogP contribution in [0.5, 0.6) is 0 Å². The molecule has 1 amide bonds. The van der Waals surface area contributed by atoms with Crippen molar-refractivity contribution in [3.63, 3.8) is 0 Å². The Balaban J connectivity index is 4.23. The van der Waals surface area contributed by atoms with Crippen LogP contribution in [-0.2, 0) is 19.1 Å². The van der Waals surface area contributed by atoms with E-state index in [-0.39, 0.29) is 19.4 Å². The fraction of sp³-hybridized carbons (Fsp3) is 0.600. The number of ether oxygens (including phenoxy) is 1. The van der Waals surface area contributed by atoms with E-state index in [0.29, 0.717) is 12.8 Å². The van der Waals surface area contributed by atoms with E-state index < -0.39 is 23.7 Å². The van der Waals surface area contributed by atoms with Gasteiger partial charge in [-0.05, 0) is 13.3 Å². The molecule has 0 aromatic rings. The lowest BCUT2D eigenvalue weighted by molar-refractivity contribution is -0.142. The van der Waals surface area contributed by atoms with Crippen LogP contribution in [0.15, 0.2) is 0 Å². The molecule has 0 aromatic carbocycles. The molecule has 0 bridgehead atoms. The zero-order valence-electron chi connectivity index (χ0n) is 9.96. The molecule has 0 saturated heterocycles. The van der Waals surface area contributed by atoms with Crippen LogP contribution in [0.4, 0.5) is 0 Å². The third kappa shape index (κ3) is 7.26. The first-order valence-corrected chi connectivity index (χ1v) is 5.31. The average molecular weight is 257 g/mol.